The molecule has 0 spiro atoms. The van der Waals surface area contributed by atoms with E-state index in [1.165, 1.54) is 32.4 Å². The molecule has 29 heavy (non-hydrogen) atoms. The Kier molecular flexibility index (Phi) is 5.79. The Morgan fingerprint density at radius 2 is 1.62 bits per heavy atom. The minimum Gasteiger partial charge on any atom is -0.508 e. The van der Waals surface area contributed by atoms with E-state index in [1.54, 1.807) is 0 Å². The third-order valence-corrected chi connectivity index (χ3v) is 5.17. The van der Waals surface area contributed by atoms with E-state index in [4.69, 9.17) is 9.47 Å². The van der Waals surface area contributed by atoms with Crippen molar-refractivity contribution in [2.45, 2.75) is 38.7 Å². The number of methoxy groups -OCH3 is 2. The molecule has 0 heterocycles. The molecule has 0 radical (unpaired) electrons. The average Bonchev–Trinajstić information content (AvgIpc) is 2.70. The lowest BCUT2D eigenvalue weighted by Crippen LogP contribution is -2.23. The molecule has 0 saturated carbocycles. The van der Waals surface area contributed by atoms with Gasteiger partial charge in [-0.05, 0) is 18.6 Å². The van der Waals surface area contributed by atoms with Crippen LogP contribution in [0.1, 0.15) is 76.1 Å². The monoisotopic (exact) mass is 400 g/mol. The van der Waals surface area contributed by atoms with E-state index in [2.05, 4.69) is 0 Å². The third-order valence-electron chi connectivity index (χ3n) is 5.17. The number of ketones is 2. The van der Waals surface area contributed by atoms with Gasteiger partial charge < -0.3 is 24.8 Å². The number of carbonyl (C=O) groups is 2. The standard InChI is InChI=1S/C22H24O7/c1-4-5-6-7-14(24)19-15(25)10-13-18(22(19)29-3)21(27)17-12(20(13)26)8-11(23)9-16(17)28-2/h8-10,14,23-25H,4-7H2,1-3H3/t14-/m0/s1. The Bertz CT molecular complexity index is 978. The fraction of sp³-hybridized carbons (Fsp3) is 0.364. The van der Waals surface area contributed by atoms with E-state index in [0.717, 1.165) is 19.3 Å². The number of hydrogen-bond donors (Lipinski definition) is 3. The predicted molar refractivity (Wildman–Crippen MR) is 105 cm³/mol. The van der Waals surface area contributed by atoms with Gasteiger partial charge in [0.1, 0.15) is 23.0 Å². The number of fused-ring (bicyclic) bond motifs is 2. The van der Waals surface area contributed by atoms with Crippen LogP contribution in [-0.2, 0) is 0 Å². The molecule has 2 aromatic carbocycles. The van der Waals surface area contributed by atoms with Crippen LogP contribution in [0.3, 0.4) is 0 Å². The van der Waals surface area contributed by atoms with Crippen LogP contribution >= 0.6 is 0 Å². The van der Waals surface area contributed by atoms with E-state index in [1.807, 2.05) is 6.92 Å². The highest BCUT2D eigenvalue weighted by molar-refractivity contribution is 6.30. The van der Waals surface area contributed by atoms with Gasteiger partial charge in [0.15, 0.2) is 5.78 Å². The Balaban J connectivity index is 2.21. The maximum Gasteiger partial charge on any atom is 0.202 e. The SMILES string of the molecule is CCCCC[C@H](O)c1c(O)cc2c(c1OC)C(=O)c1c(OC)cc(O)cc1C2=O. The van der Waals surface area contributed by atoms with E-state index in [0.29, 0.717) is 6.42 Å². The Morgan fingerprint density at radius 1 is 0.931 bits per heavy atom. The summed E-state index contributed by atoms with van der Waals surface area (Å²) in [6.07, 6.45) is 1.95. The van der Waals surface area contributed by atoms with Gasteiger partial charge in [0.25, 0.3) is 0 Å². The molecule has 0 amide bonds. The van der Waals surface area contributed by atoms with Gasteiger partial charge in [-0.1, -0.05) is 26.2 Å². The van der Waals surface area contributed by atoms with Gasteiger partial charge in [0, 0.05) is 17.2 Å². The second-order valence-corrected chi connectivity index (χ2v) is 7.01. The molecule has 0 bridgehead atoms. The van der Waals surface area contributed by atoms with Crippen LogP contribution in [0.15, 0.2) is 18.2 Å². The van der Waals surface area contributed by atoms with Crippen molar-refractivity contribution in [2.24, 2.45) is 0 Å². The van der Waals surface area contributed by atoms with Crippen LogP contribution in [0.4, 0.5) is 0 Å². The zero-order chi connectivity index (χ0) is 21.3. The zero-order valence-electron chi connectivity index (χ0n) is 16.6. The molecule has 1 aliphatic rings. The number of unbranched alkanes of at least 4 members (excludes halogenated alkanes) is 2. The Morgan fingerprint density at radius 3 is 2.24 bits per heavy atom. The minimum atomic E-state index is -1.05. The smallest absolute Gasteiger partial charge is 0.202 e. The lowest BCUT2D eigenvalue weighted by Gasteiger charge is -2.25. The predicted octanol–water partition coefficient (Wildman–Crippen LogP) is 3.50. The first-order valence-corrected chi connectivity index (χ1v) is 9.47. The van der Waals surface area contributed by atoms with Crippen LogP contribution in [0.2, 0.25) is 0 Å². The molecule has 3 rings (SSSR count). The van der Waals surface area contributed by atoms with Crippen molar-refractivity contribution >= 4 is 11.6 Å². The highest BCUT2D eigenvalue weighted by Gasteiger charge is 2.38. The third kappa shape index (κ3) is 3.42. The van der Waals surface area contributed by atoms with Crippen molar-refractivity contribution in [3.05, 3.63) is 46.0 Å². The van der Waals surface area contributed by atoms with Gasteiger partial charge in [-0.3, -0.25) is 9.59 Å². The van der Waals surface area contributed by atoms with Gasteiger partial charge in [0.2, 0.25) is 5.78 Å². The fourth-order valence-corrected chi connectivity index (χ4v) is 3.78. The highest BCUT2D eigenvalue weighted by atomic mass is 16.5. The van der Waals surface area contributed by atoms with Crippen molar-refractivity contribution in [1.82, 2.24) is 0 Å². The van der Waals surface area contributed by atoms with Crippen molar-refractivity contribution in [3.63, 3.8) is 0 Å². The fourth-order valence-electron chi connectivity index (χ4n) is 3.78. The molecule has 2 aromatic rings. The molecular weight excluding hydrogens is 376 g/mol. The van der Waals surface area contributed by atoms with E-state index < -0.39 is 17.7 Å². The number of phenolic OH excluding ortho intramolecular Hbond substituents is 2. The number of aliphatic hydroxyl groups excluding tert-OH is 1. The summed E-state index contributed by atoms with van der Waals surface area (Å²) in [4.78, 5) is 26.4. The van der Waals surface area contributed by atoms with Crippen LogP contribution in [0, 0.1) is 0 Å². The molecule has 0 aromatic heterocycles. The number of benzene rings is 2. The number of phenols is 2. The number of carbonyl (C=O) groups excluding carboxylic acids is 2. The molecular formula is C22H24O7. The second-order valence-electron chi connectivity index (χ2n) is 7.01. The largest absolute Gasteiger partial charge is 0.508 e. The van der Waals surface area contributed by atoms with Crippen molar-refractivity contribution in [1.29, 1.82) is 0 Å². The maximum absolute atomic E-state index is 13.3. The van der Waals surface area contributed by atoms with Crippen molar-refractivity contribution in [3.8, 4) is 23.0 Å². The van der Waals surface area contributed by atoms with Crippen molar-refractivity contribution in [2.75, 3.05) is 14.2 Å². The molecule has 0 aliphatic heterocycles. The number of aliphatic hydroxyl groups is 1. The van der Waals surface area contributed by atoms with E-state index in [9.17, 15) is 24.9 Å². The topological polar surface area (TPSA) is 113 Å². The maximum atomic E-state index is 13.3. The number of ether oxygens (including phenoxy) is 2. The molecule has 0 unspecified atom stereocenters. The lowest BCUT2D eigenvalue weighted by molar-refractivity contribution is 0.0971. The van der Waals surface area contributed by atoms with Crippen LogP contribution in [-0.4, -0.2) is 41.1 Å². The van der Waals surface area contributed by atoms with Crippen molar-refractivity contribution < 1.29 is 34.4 Å². The normalized spacial score (nSPS) is 13.7. The molecule has 0 saturated heterocycles. The van der Waals surface area contributed by atoms with Gasteiger partial charge in [-0.15, -0.1) is 0 Å². The molecule has 7 nitrogen and oxygen atoms in total. The Hall–Kier alpha value is -3.06. The van der Waals surface area contributed by atoms with E-state index in [-0.39, 0.29) is 50.8 Å². The number of rotatable bonds is 7. The number of hydrogen-bond acceptors (Lipinski definition) is 7. The summed E-state index contributed by atoms with van der Waals surface area (Å²) in [6.45, 7) is 2.04. The van der Waals surface area contributed by atoms with Gasteiger partial charge in [-0.2, -0.15) is 0 Å². The minimum absolute atomic E-state index is 0.0122. The summed E-state index contributed by atoms with van der Waals surface area (Å²) in [5, 5.41) is 31.0. The van der Waals surface area contributed by atoms with Crippen LogP contribution < -0.4 is 9.47 Å². The number of aromatic hydroxyl groups is 2. The summed E-state index contributed by atoms with van der Waals surface area (Å²) in [7, 11) is 2.65. The summed E-state index contributed by atoms with van der Waals surface area (Å²) in [5.74, 6) is -1.59. The van der Waals surface area contributed by atoms with Gasteiger partial charge in [-0.25, -0.2) is 0 Å². The summed E-state index contributed by atoms with van der Waals surface area (Å²) in [5.41, 5.74) is 0.00491. The van der Waals surface area contributed by atoms with Gasteiger partial charge in [0.05, 0.1) is 37.0 Å². The molecule has 7 heteroatoms. The second kappa shape index (κ2) is 8.13. The summed E-state index contributed by atoms with van der Waals surface area (Å²) >= 11 is 0. The molecule has 1 atom stereocenters. The summed E-state index contributed by atoms with van der Waals surface area (Å²) in [6, 6.07) is 3.62. The molecule has 3 N–H and O–H groups in total. The lowest BCUT2D eigenvalue weighted by atomic mass is 9.81. The Labute approximate surface area is 168 Å². The molecule has 154 valence electrons. The summed E-state index contributed by atoms with van der Waals surface area (Å²) < 4.78 is 10.6. The average molecular weight is 400 g/mol. The quantitative estimate of drug-likeness (QED) is 0.520. The highest BCUT2D eigenvalue weighted by Crippen LogP contribution is 2.45. The molecule has 0 fully saturated rings. The first-order valence-electron chi connectivity index (χ1n) is 9.47. The first-order chi connectivity index (χ1) is 13.8. The van der Waals surface area contributed by atoms with E-state index >= 15 is 0 Å². The van der Waals surface area contributed by atoms with Crippen LogP contribution in [0.25, 0.3) is 0 Å². The van der Waals surface area contributed by atoms with Gasteiger partial charge >= 0.3 is 0 Å². The molecule has 1 aliphatic carbocycles. The van der Waals surface area contributed by atoms with Crippen LogP contribution in [0.5, 0.6) is 23.0 Å². The first kappa shape index (κ1) is 20.7. The zero-order valence-corrected chi connectivity index (χ0v) is 16.6.